The number of hydrogen-bond donors (Lipinski definition) is 0. The standard InChI is InChI=1S/C28H37FN6O/c1-19-24-25(33-14-16-34(17-15-33)27(36)28(2,3)4)30-23(18-20-8-6-5-7-9-20)31-26(24)35(32-19)22-12-10-21(29)11-13-22/h10-13,20H,5-9,14-18H2,1-4H3. The predicted octanol–water partition coefficient (Wildman–Crippen LogP) is 5.08. The largest absolute Gasteiger partial charge is 0.352 e. The van der Waals surface area contributed by atoms with E-state index < -0.39 is 0 Å². The number of carbonyl (C=O) groups is 1. The van der Waals surface area contributed by atoms with Crippen molar-refractivity contribution < 1.29 is 9.18 Å². The van der Waals surface area contributed by atoms with Crippen LogP contribution < -0.4 is 4.90 Å². The average molecular weight is 493 g/mol. The Morgan fingerprint density at radius 1 is 1.00 bits per heavy atom. The first-order valence-corrected chi connectivity index (χ1v) is 13.3. The number of anilines is 1. The first-order chi connectivity index (χ1) is 17.2. The van der Waals surface area contributed by atoms with Crippen molar-refractivity contribution >= 4 is 22.8 Å². The maximum Gasteiger partial charge on any atom is 0.228 e. The summed E-state index contributed by atoms with van der Waals surface area (Å²) in [6, 6.07) is 6.38. The highest BCUT2D eigenvalue weighted by atomic mass is 19.1. The zero-order valence-electron chi connectivity index (χ0n) is 21.9. The quantitative estimate of drug-likeness (QED) is 0.508. The van der Waals surface area contributed by atoms with E-state index in [4.69, 9.17) is 15.1 Å². The SMILES string of the molecule is Cc1nn(-c2ccc(F)cc2)c2nc(CC3CCCCC3)nc(N3CCN(C(=O)C(C)(C)C)CC3)c12. The highest BCUT2D eigenvalue weighted by Crippen LogP contribution is 2.32. The molecule has 1 amide bonds. The molecule has 0 bridgehead atoms. The summed E-state index contributed by atoms with van der Waals surface area (Å²) in [7, 11) is 0. The molecule has 7 nitrogen and oxygen atoms in total. The van der Waals surface area contributed by atoms with Gasteiger partial charge < -0.3 is 9.80 Å². The Bertz CT molecular complexity index is 1230. The number of piperazine rings is 1. The molecule has 0 spiro atoms. The average Bonchev–Trinajstić information content (AvgIpc) is 3.20. The van der Waals surface area contributed by atoms with Crippen LogP contribution in [0.4, 0.5) is 10.2 Å². The van der Waals surface area contributed by atoms with Crippen LogP contribution >= 0.6 is 0 Å². The number of fused-ring (bicyclic) bond motifs is 1. The van der Waals surface area contributed by atoms with Crippen LogP contribution in [0.2, 0.25) is 0 Å². The maximum absolute atomic E-state index is 13.6. The second-order valence-electron chi connectivity index (χ2n) is 11.4. The van der Waals surface area contributed by atoms with Gasteiger partial charge in [0.05, 0.1) is 16.8 Å². The fourth-order valence-electron chi connectivity index (χ4n) is 5.53. The number of carbonyl (C=O) groups excluding carboxylic acids is 1. The molecule has 1 aromatic carbocycles. The molecule has 0 atom stereocenters. The third-order valence-corrected chi connectivity index (χ3v) is 7.50. The van der Waals surface area contributed by atoms with Crippen molar-refractivity contribution in [2.24, 2.45) is 11.3 Å². The fraction of sp³-hybridized carbons (Fsp3) is 0.571. The highest BCUT2D eigenvalue weighted by molar-refractivity contribution is 5.91. The van der Waals surface area contributed by atoms with Gasteiger partial charge in [0.1, 0.15) is 17.5 Å². The van der Waals surface area contributed by atoms with E-state index in [1.807, 2.05) is 37.3 Å². The van der Waals surface area contributed by atoms with E-state index in [1.54, 1.807) is 12.1 Å². The van der Waals surface area contributed by atoms with Gasteiger partial charge in [0.2, 0.25) is 5.91 Å². The van der Waals surface area contributed by atoms with Crippen LogP contribution in [0.15, 0.2) is 24.3 Å². The molecule has 2 aromatic heterocycles. The van der Waals surface area contributed by atoms with Gasteiger partial charge >= 0.3 is 0 Å². The van der Waals surface area contributed by atoms with Gasteiger partial charge in [0, 0.05) is 38.0 Å². The number of amides is 1. The van der Waals surface area contributed by atoms with E-state index in [9.17, 15) is 9.18 Å². The summed E-state index contributed by atoms with van der Waals surface area (Å²) >= 11 is 0. The summed E-state index contributed by atoms with van der Waals surface area (Å²) in [5.74, 6) is 2.27. The van der Waals surface area contributed by atoms with Crippen LogP contribution in [0.3, 0.4) is 0 Å². The molecule has 1 saturated carbocycles. The molecule has 0 radical (unpaired) electrons. The van der Waals surface area contributed by atoms with Crippen LogP contribution in [0, 0.1) is 24.1 Å². The molecule has 1 saturated heterocycles. The smallest absolute Gasteiger partial charge is 0.228 e. The van der Waals surface area contributed by atoms with Crippen molar-refractivity contribution in [3.8, 4) is 5.69 Å². The van der Waals surface area contributed by atoms with E-state index in [-0.39, 0.29) is 17.1 Å². The van der Waals surface area contributed by atoms with Crippen LogP contribution in [0.25, 0.3) is 16.7 Å². The lowest BCUT2D eigenvalue weighted by Gasteiger charge is -2.38. The molecule has 1 aliphatic carbocycles. The van der Waals surface area contributed by atoms with Gasteiger partial charge in [0.15, 0.2) is 5.65 Å². The topological polar surface area (TPSA) is 67.2 Å². The Labute approximate surface area is 212 Å². The summed E-state index contributed by atoms with van der Waals surface area (Å²) in [6.07, 6.45) is 7.17. The van der Waals surface area contributed by atoms with Crippen LogP contribution in [0.1, 0.15) is 64.4 Å². The second-order valence-corrected chi connectivity index (χ2v) is 11.4. The minimum absolute atomic E-state index is 0.188. The molecule has 5 rings (SSSR count). The summed E-state index contributed by atoms with van der Waals surface area (Å²) < 4.78 is 15.4. The number of rotatable bonds is 4. The molecule has 2 aliphatic rings. The van der Waals surface area contributed by atoms with E-state index >= 15 is 0 Å². The zero-order valence-corrected chi connectivity index (χ0v) is 21.9. The van der Waals surface area contributed by atoms with Crippen molar-refractivity contribution in [3.05, 3.63) is 41.6 Å². The lowest BCUT2D eigenvalue weighted by Crippen LogP contribution is -2.52. The number of aromatic nitrogens is 4. The van der Waals surface area contributed by atoms with Crippen molar-refractivity contribution in [1.82, 2.24) is 24.6 Å². The number of benzene rings is 1. The molecular formula is C28H37FN6O. The van der Waals surface area contributed by atoms with Crippen LogP contribution in [-0.4, -0.2) is 56.7 Å². The van der Waals surface area contributed by atoms with Gasteiger partial charge in [-0.1, -0.05) is 52.9 Å². The first-order valence-electron chi connectivity index (χ1n) is 13.3. The molecular weight excluding hydrogens is 455 g/mol. The molecule has 8 heteroatoms. The van der Waals surface area contributed by atoms with E-state index in [0.29, 0.717) is 19.0 Å². The number of halogens is 1. The Morgan fingerprint density at radius 3 is 2.31 bits per heavy atom. The Balaban J connectivity index is 1.52. The summed E-state index contributed by atoms with van der Waals surface area (Å²) in [5.41, 5.74) is 2.01. The molecule has 0 unspecified atom stereocenters. The second kappa shape index (κ2) is 9.79. The Morgan fingerprint density at radius 2 is 1.67 bits per heavy atom. The molecule has 192 valence electrons. The molecule has 1 aliphatic heterocycles. The number of nitrogens with zero attached hydrogens (tertiary/aromatic N) is 6. The van der Waals surface area contributed by atoms with Gasteiger partial charge in [-0.25, -0.2) is 19.0 Å². The highest BCUT2D eigenvalue weighted by Gasteiger charge is 2.31. The van der Waals surface area contributed by atoms with Crippen LogP contribution in [0.5, 0.6) is 0 Å². The lowest BCUT2D eigenvalue weighted by molar-refractivity contribution is -0.139. The maximum atomic E-state index is 13.6. The predicted molar refractivity (Wildman–Crippen MR) is 140 cm³/mol. The minimum Gasteiger partial charge on any atom is -0.352 e. The molecule has 3 heterocycles. The van der Waals surface area contributed by atoms with Gasteiger partial charge in [-0.2, -0.15) is 5.10 Å². The van der Waals surface area contributed by atoms with Gasteiger partial charge in [0.25, 0.3) is 0 Å². The Hall–Kier alpha value is -3.03. The number of hydrogen-bond acceptors (Lipinski definition) is 5. The molecule has 2 fully saturated rings. The minimum atomic E-state index is -0.385. The van der Waals surface area contributed by atoms with E-state index in [0.717, 1.165) is 53.6 Å². The lowest BCUT2D eigenvalue weighted by atomic mass is 9.87. The van der Waals surface area contributed by atoms with Gasteiger partial charge in [-0.15, -0.1) is 0 Å². The molecule has 36 heavy (non-hydrogen) atoms. The van der Waals surface area contributed by atoms with Crippen molar-refractivity contribution in [3.63, 3.8) is 0 Å². The summed E-state index contributed by atoms with van der Waals surface area (Å²) in [5, 5.41) is 5.74. The first kappa shape index (κ1) is 24.7. The Kier molecular flexibility index (Phi) is 6.70. The van der Waals surface area contributed by atoms with Crippen molar-refractivity contribution in [1.29, 1.82) is 0 Å². The van der Waals surface area contributed by atoms with Gasteiger partial charge in [-0.3, -0.25) is 4.79 Å². The van der Waals surface area contributed by atoms with Crippen molar-refractivity contribution in [2.45, 2.75) is 66.2 Å². The normalized spacial score (nSPS) is 17.7. The van der Waals surface area contributed by atoms with Gasteiger partial charge in [-0.05, 0) is 37.1 Å². The monoisotopic (exact) mass is 492 g/mol. The zero-order chi connectivity index (χ0) is 25.4. The van der Waals surface area contributed by atoms with Crippen molar-refractivity contribution in [2.75, 3.05) is 31.1 Å². The summed E-state index contributed by atoms with van der Waals surface area (Å²) in [4.78, 5) is 27.2. The van der Waals surface area contributed by atoms with E-state index in [1.165, 1.54) is 44.2 Å². The van der Waals surface area contributed by atoms with Crippen LogP contribution in [-0.2, 0) is 11.2 Å². The number of aryl methyl sites for hydroxylation is 1. The summed E-state index contributed by atoms with van der Waals surface area (Å²) in [6.45, 7) is 10.7. The molecule has 3 aromatic rings. The molecule has 0 N–H and O–H groups in total. The van der Waals surface area contributed by atoms with E-state index in [2.05, 4.69) is 4.90 Å². The third-order valence-electron chi connectivity index (χ3n) is 7.50. The third kappa shape index (κ3) is 4.95. The fourth-order valence-corrected chi connectivity index (χ4v) is 5.53.